The van der Waals surface area contributed by atoms with Crippen LogP contribution in [0.15, 0.2) is 47.4 Å². The van der Waals surface area contributed by atoms with E-state index in [0.717, 1.165) is 22.6 Å². The van der Waals surface area contributed by atoms with Crippen LogP contribution in [0.2, 0.25) is 5.02 Å². The molecule has 1 heterocycles. The average Bonchev–Trinajstić information content (AvgIpc) is 2.99. The van der Waals surface area contributed by atoms with E-state index in [1.807, 2.05) is 24.3 Å². The summed E-state index contributed by atoms with van der Waals surface area (Å²) in [5.74, 6) is 1.11. The number of anilines is 1. The molecule has 0 spiro atoms. The van der Waals surface area contributed by atoms with E-state index in [1.165, 1.54) is 17.8 Å². The molecule has 0 saturated carbocycles. The summed E-state index contributed by atoms with van der Waals surface area (Å²) in [6.45, 7) is 0.559. The Labute approximate surface area is 156 Å². The Morgan fingerprint density at radius 3 is 2.60 bits per heavy atom. The van der Waals surface area contributed by atoms with Crippen molar-refractivity contribution in [2.24, 2.45) is 5.14 Å². The van der Waals surface area contributed by atoms with Crippen LogP contribution in [0.4, 0.5) is 5.69 Å². The molecule has 25 heavy (non-hydrogen) atoms. The van der Waals surface area contributed by atoms with Gasteiger partial charge in [-0.15, -0.1) is 11.8 Å². The molecule has 0 fully saturated rings. The van der Waals surface area contributed by atoms with Crippen LogP contribution < -0.4 is 10.0 Å². The van der Waals surface area contributed by atoms with Crippen molar-refractivity contribution in [3.8, 4) is 0 Å². The number of primary sulfonamides is 1. The van der Waals surface area contributed by atoms with Crippen molar-refractivity contribution in [1.29, 1.82) is 0 Å². The third kappa shape index (κ3) is 4.36. The minimum absolute atomic E-state index is 0.0149. The number of carbonyl (C=O) groups excluding carboxylic acids is 1. The standard InChI is InChI=1S/C17H17ClN2O3S2/c18-14-3-1-12(2-4-14)10-24-11-17(21)20-8-7-13-9-15(25(19,22)23)5-6-16(13)20/h1-6,9H,7-8,10-11H2,(H2,19,22,23). The smallest absolute Gasteiger partial charge is 0.238 e. The SMILES string of the molecule is NS(=O)(=O)c1ccc2c(c1)CCN2C(=O)CSCc1ccc(Cl)cc1. The van der Waals surface area contributed by atoms with Gasteiger partial charge in [0.1, 0.15) is 0 Å². The summed E-state index contributed by atoms with van der Waals surface area (Å²) in [5.41, 5.74) is 2.72. The number of nitrogens with zero attached hydrogens (tertiary/aromatic N) is 1. The maximum Gasteiger partial charge on any atom is 0.238 e. The van der Waals surface area contributed by atoms with Gasteiger partial charge in [0.05, 0.1) is 10.6 Å². The van der Waals surface area contributed by atoms with Gasteiger partial charge >= 0.3 is 0 Å². The molecular formula is C17H17ClN2O3S2. The Morgan fingerprint density at radius 1 is 1.20 bits per heavy atom. The highest BCUT2D eigenvalue weighted by Gasteiger charge is 2.25. The topological polar surface area (TPSA) is 80.5 Å². The molecule has 1 aliphatic heterocycles. The lowest BCUT2D eigenvalue weighted by atomic mass is 10.2. The van der Waals surface area contributed by atoms with Gasteiger partial charge in [0.2, 0.25) is 15.9 Å². The summed E-state index contributed by atoms with van der Waals surface area (Å²) in [5, 5.41) is 5.85. The van der Waals surface area contributed by atoms with Crippen molar-refractivity contribution in [2.75, 3.05) is 17.2 Å². The number of fused-ring (bicyclic) bond motifs is 1. The van der Waals surface area contributed by atoms with E-state index in [1.54, 1.807) is 17.0 Å². The van der Waals surface area contributed by atoms with Crippen LogP contribution in [0.5, 0.6) is 0 Å². The zero-order chi connectivity index (χ0) is 18.0. The fourth-order valence-corrected chi connectivity index (χ4v) is 4.28. The average molecular weight is 397 g/mol. The summed E-state index contributed by atoms with van der Waals surface area (Å²) >= 11 is 7.40. The van der Waals surface area contributed by atoms with Gasteiger partial charge in [-0.1, -0.05) is 23.7 Å². The minimum atomic E-state index is -3.73. The van der Waals surface area contributed by atoms with Gasteiger partial charge < -0.3 is 4.90 Å². The second-order valence-corrected chi connectivity index (χ2v) is 8.73. The van der Waals surface area contributed by atoms with Gasteiger partial charge in [-0.25, -0.2) is 13.6 Å². The molecule has 0 radical (unpaired) electrons. The number of carbonyl (C=O) groups is 1. The monoisotopic (exact) mass is 396 g/mol. The summed E-state index contributed by atoms with van der Waals surface area (Å²) in [6, 6.07) is 12.2. The number of sulfonamides is 1. The number of nitrogens with two attached hydrogens (primary N) is 1. The predicted molar refractivity (Wildman–Crippen MR) is 101 cm³/mol. The van der Waals surface area contributed by atoms with Gasteiger partial charge in [0.15, 0.2) is 0 Å². The lowest BCUT2D eigenvalue weighted by molar-refractivity contribution is -0.116. The highest BCUT2D eigenvalue weighted by molar-refractivity contribution is 7.99. The van der Waals surface area contributed by atoms with Crippen LogP contribution in [-0.2, 0) is 27.0 Å². The normalized spacial score (nSPS) is 13.8. The van der Waals surface area contributed by atoms with E-state index < -0.39 is 10.0 Å². The van der Waals surface area contributed by atoms with Crippen LogP contribution in [0.1, 0.15) is 11.1 Å². The van der Waals surface area contributed by atoms with Crippen LogP contribution in [-0.4, -0.2) is 26.6 Å². The van der Waals surface area contributed by atoms with Crippen LogP contribution >= 0.6 is 23.4 Å². The van der Waals surface area contributed by atoms with Crippen molar-refractivity contribution in [1.82, 2.24) is 0 Å². The first-order valence-electron chi connectivity index (χ1n) is 7.63. The van der Waals surface area contributed by atoms with E-state index in [4.69, 9.17) is 16.7 Å². The zero-order valence-corrected chi connectivity index (χ0v) is 15.7. The Hall–Kier alpha value is -1.54. The van der Waals surface area contributed by atoms with Gasteiger partial charge in [-0.05, 0) is 47.9 Å². The highest BCUT2D eigenvalue weighted by atomic mass is 35.5. The first kappa shape index (κ1) is 18.3. The molecule has 5 nitrogen and oxygen atoms in total. The molecule has 0 atom stereocenters. The number of thioether (sulfide) groups is 1. The second-order valence-electron chi connectivity index (χ2n) is 5.75. The molecule has 2 N–H and O–H groups in total. The zero-order valence-electron chi connectivity index (χ0n) is 13.3. The Kier molecular flexibility index (Phi) is 5.38. The van der Waals surface area contributed by atoms with Gasteiger partial charge in [0, 0.05) is 23.0 Å². The van der Waals surface area contributed by atoms with E-state index in [-0.39, 0.29) is 10.8 Å². The van der Waals surface area contributed by atoms with Gasteiger partial charge in [-0.2, -0.15) is 0 Å². The number of halogens is 1. The lowest BCUT2D eigenvalue weighted by Crippen LogP contribution is -2.30. The molecule has 0 unspecified atom stereocenters. The highest BCUT2D eigenvalue weighted by Crippen LogP contribution is 2.30. The third-order valence-electron chi connectivity index (χ3n) is 3.98. The summed E-state index contributed by atoms with van der Waals surface area (Å²) in [7, 11) is -3.73. The maximum atomic E-state index is 12.5. The van der Waals surface area contributed by atoms with Crippen LogP contribution in [0.25, 0.3) is 0 Å². The Bertz CT molecular complexity index is 899. The predicted octanol–water partition coefficient (Wildman–Crippen LogP) is 2.81. The number of benzene rings is 2. The van der Waals surface area contributed by atoms with Crippen molar-refractivity contribution < 1.29 is 13.2 Å². The number of hydrogen-bond acceptors (Lipinski definition) is 4. The third-order valence-corrected chi connectivity index (χ3v) is 6.14. The first-order valence-corrected chi connectivity index (χ1v) is 10.7. The molecule has 0 aromatic heterocycles. The van der Waals surface area contributed by atoms with Crippen molar-refractivity contribution in [3.05, 3.63) is 58.6 Å². The molecule has 0 bridgehead atoms. The summed E-state index contributed by atoms with van der Waals surface area (Å²) in [4.78, 5) is 14.3. The molecule has 0 aliphatic carbocycles. The molecule has 132 valence electrons. The maximum absolute atomic E-state index is 12.5. The van der Waals surface area contributed by atoms with E-state index >= 15 is 0 Å². The molecule has 1 aliphatic rings. The number of rotatable bonds is 5. The molecule has 0 saturated heterocycles. The van der Waals surface area contributed by atoms with Crippen molar-refractivity contribution in [3.63, 3.8) is 0 Å². The van der Waals surface area contributed by atoms with E-state index in [0.29, 0.717) is 23.7 Å². The van der Waals surface area contributed by atoms with Gasteiger partial charge in [-0.3, -0.25) is 4.79 Å². The second kappa shape index (κ2) is 7.37. The van der Waals surface area contributed by atoms with Crippen molar-refractivity contribution in [2.45, 2.75) is 17.1 Å². The quantitative estimate of drug-likeness (QED) is 0.842. The molecule has 2 aromatic rings. The van der Waals surface area contributed by atoms with Crippen LogP contribution in [0.3, 0.4) is 0 Å². The molecule has 3 rings (SSSR count). The molecule has 2 aromatic carbocycles. The molecule has 8 heteroatoms. The molecule has 1 amide bonds. The van der Waals surface area contributed by atoms with E-state index in [2.05, 4.69) is 0 Å². The van der Waals surface area contributed by atoms with Crippen LogP contribution in [0, 0.1) is 0 Å². The van der Waals surface area contributed by atoms with Gasteiger partial charge in [0.25, 0.3) is 0 Å². The lowest BCUT2D eigenvalue weighted by Gasteiger charge is -2.17. The fraction of sp³-hybridized carbons (Fsp3) is 0.235. The molecular weight excluding hydrogens is 380 g/mol. The van der Waals surface area contributed by atoms with Crippen molar-refractivity contribution >= 4 is 45.0 Å². The fourth-order valence-electron chi connectivity index (χ4n) is 2.73. The summed E-state index contributed by atoms with van der Waals surface area (Å²) in [6.07, 6.45) is 0.631. The Morgan fingerprint density at radius 2 is 1.92 bits per heavy atom. The van der Waals surface area contributed by atoms with E-state index in [9.17, 15) is 13.2 Å². The largest absolute Gasteiger partial charge is 0.311 e. The Balaban J connectivity index is 1.62. The summed E-state index contributed by atoms with van der Waals surface area (Å²) < 4.78 is 22.9. The number of amides is 1. The number of hydrogen-bond donors (Lipinski definition) is 1. The first-order chi connectivity index (χ1) is 11.8. The minimum Gasteiger partial charge on any atom is -0.311 e.